The van der Waals surface area contributed by atoms with Crippen LogP contribution in [0.15, 0.2) is 24.3 Å². The van der Waals surface area contributed by atoms with Gasteiger partial charge in [0, 0.05) is 12.2 Å². The highest BCUT2D eigenvalue weighted by Gasteiger charge is 2.19. The van der Waals surface area contributed by atoms with Crippen LogP contribution < -0.4 is 11.1 Å². The van der Waals surface area contributed by atoms with Crippen LogP contribution in [0.1, 0.15) is 12.5 Å². The van der Waals surface area contributed by atoms with E-state index in [0.29, 0.717) is 5.69 Å². The summed E-state index contributed by atoms with van der Waals surface area (Å²) in [6.07, 6.45) is 0.224. The van der Waals surface area contributed by atoms with Gasteiger partial charge in [-0.05, 0) is 24.6 Å². The number of carbonyl (C=O) groups excluding carboxylic acids is 1. The molecule has 1 atom stereocenters. The minimum absolute atomic E-state index is 0.0251. The van der Waals surface area contributed by atoms with E-state index in [-0.39, 0.29) is 18.9 Å². The lowest BCUT2D eigenvalue weighted by Crippen LogP contribution is -2.43. The molecule has 0 aliphatic heterocycles. The molecule has 0 heterocycles. The van der Waals surface area contributed by atoms with E-state index in [1.54, 1.807) is 24.3 Å². The molecule has 5 heteroatoms. The molecule has 0 aliphatic carbocycles. The molecule has 5 nitrogen and oxygen atoms in total. The molecule has 0 fully saturated rings. The Kier molecular flexibility index (Phi) is 4.48. The Morgan fingerprint density at radius 1 is 1.41 bits per heavy atom. The standard InChI is InChI=1S/C12H18N2O3/c1-12(17,8-15)7-14-11(16)6-9-2-4-10(13)5-3-9/h2-5,15,17H,6-8,13H2,1H3,(H,14,16). The van der Waals surface area contributed by atoms with Gasteiger partial charge in [0.2, 0.25) is 5.91 Å². The summed E-state index contributed by atoms with van der Waals surface area (Å²) < 4.78 is 0. The number of hydrogen-bond donors (Lipinski definition) is 4. The number of aliphatic hydroxyl groups is 2. The molecule has 5 N–H and O–H groups in total. The summed E-state index contributed by atoms with van der Waals surface area (Å²) >= 11 is 0. The number of carbonyl (C=O) groups is 1. The maximum atomic E-state index is 11.5. The first-order valence-corrected chi connectivity index (χ1v) is 5.37. The lowest BCUT2D eigenvalue weighted by Gasteiger charge is -2.20. The lowest BCUT2D eigenvalue weighted by molar-refractivity contribution is -0.121. The number of aliphatic hydroxyl groups excluding tert-OH is 1. The molecule has 0 aliphatic rings. The van der Waals surface area contributed by atoms with Gasteiger partial charge in [-0.15, -0.1) is 0 Å². The van der Waals surface area contributed by atoms with E-state index >= 15 is 0 Å². The Morgan fingerprint density at radius 2 is 2.00 bits per heavy atom. The van der Waals surface area contributed by atoms with Gasteiger partial charge in [0.15, 0.2) is 0 Å². The van der Waals surface area contributed by atoms with Gasteiger partial charge in [0.25, 0.3) is 0 Å². The molecule has 0 radical (unpaired) electrons. The molecule has 1 unspecified atom stereocenters. The summed E-state index contributed by atoms with van der Waals surface area (Å²) in [5, 5.41) is 20.9. The van der Waals surface area contributed by atoms with Crippen molar-refractivity contribution in [2.75, 3.05) is 18.9 Å². The maximum absolute atomic E-state index is 11.5. The molecule has 0 bridgehead atoms. The number of hydrogen-bond acceptors (Lipinski definition) is 4. The van der Waals surface area contributed by atoms with Crippen molar-refractivity contribution in [3.8, 4) is 0 Å². The highest BCUT2D eigenvalue weighted by molar-refractivity contribution is 5.78. The van der Waals surface area contributed by atoms with Crippen LogP contribution in [0.2, 0.25) is 0 Å². The van der Waals surface area contributed by atoms with Crippen molar-refractivity contribution >= 4 is 11.6 Å². The average Bonchev–Trinajstić information content (AvgIpc) is 2.30. The number of anilines is 1. The van der Waals surface area contributed by atoms with Crippen LogP contribution in [0.5, 0.6) is 0 Å². The van der Waals surface area contributed by atoms with E-state index in [1.807, 2.05) is 0 Å². The zero-order valence-corrected chi connectivity index (χ0v) is 9.81. The van der Waals surface area contributed by atoms with Gasteiger partial charge in [-0.25, -0.2) is 0 Å². The van der Waals surface area contributed by atoms with Crippen LogP contribution in [0.3, 0.4) is 0 Å². The zero-order valence-electron chi connectivity index (χ0n) is 9.81. The zero-order chi connectivity index (χ0) is 12.9. The van der Waals surface area contributed by atoms with E-state index in [2.05, 4.69) is 5.32 Å². The predicted octanol–water partition coefficient (Wildman–Crippen LogP) is -0.329. The van der Waals surface area contributed by atoms with Crippen LogP contribution >= 0.6 is 0 Å². The van der Waals surface area contributed by atoms with E-state index in [0.717, 1.165) is 5.56 Å². The van der Waals surface area contributed by atoms with Crippen LogP contribution in [0, 0.1) is 0 Å². The highest BCUT2D eigenvalue weighted by atomic mass is 16.3. The summed E-state index contributed by atoms with van der Waals surface area (Å²) in [7, 11) is 0. The minimum Gasteiger partial charge on any atom is -0.399 e. The second kappa shape index (κ2) is 5.65. The first-order chi connectivity index (χ1) is 7.93. The van der Waals surface area contributed by atoms with Gasteiger partial charge in [-0.2, -0.15) is 0 Å². The third-order valence-electron chi connectivity index (χ3n) is 2.35. The fraction of sp³-hybridized carbons (Fsp3) is 0.417. The average molecular weight is 238 g/mol. The summed E-state index contributed by atoms with van der Waals surface area (Å²) in [6.45, 7) is 1.09. The number of rotatable bonds is 5. The van der Waals surface area contributed by atoms with E-state index in [9.17, 15) is 9.90 Å². The monoisotopic (exact) mass is 238 g/mol. The molecule has 1 aromatic carbocycles. The summed E-state index contributed by atoms with van der Waals surface area (Å²) in [6, 6.07) is 7.01. The normalized spacial score (nSPS) is 14.1. The maximum Gasteiger partial charge on any atom is 0.224 e. The van der Waals surface area contributed by atoms with Gasteiger partial charge in [-0.3, -0.25) is 4.79 Å². The number of benzene rings is 1. The Morgan fingerprint density at radius 3 is 2.53 bits per heavy atom. The van der Waals surface area contributed by atoms with Crippen molar-refractivity contribution in [2.45, 2.75) is 18.9 Å². The van der Waals surface area contributed by atoms with E-state index in [1.165, 1.54) is 6.92 Å². The fourth-order valence-corrected chi connectivity index (χ4v) is 1.23. The molecule has 1 aromatic rings. The Balaban J connectivity index is 2.42. The molecular formula is C12H18N2O3. The highest BCUT2D eigenvalue weighted by Crippen LogP contribution is 2.06. The largest absolute Gasteiger partial charge is 0.399 e. The van der Waals surface area contributed by atoms with Crippen LogP contribution in [-0.4, -0.2) is 34.9 Å². The first-order valence-electron chi connectivity index (χ1n) is 5.37. The molecule has 1 rings (SSSR count). The molecule has 0 saturated carbocycles. The Hall–Kier alpha value is -1.59. The number of nitrogens with two attached hydrogens (primary N) is 1. The fourth-order valence-electron chi connectivity index (χ4n) is 1.23. The van der Waals surface area contributed by atoms with Crippen LogP contribution in [-0.2, 0) is 11.2 Å². The summed E-state index contributed by atoms with van der Waals surface area (Å²) in [5.74, 6) is -0.205. The third-order valence-corrected chi connectivity index (χ3v) is 2.35. The SMILES string of the molecule is CC(O)(CO)CNC(=O)Cc1ccc(N)cc1. The molecule has 0 aromatic heterocycles. The van der Waals surface area contributed by atoms with Gasteiger partial charge in [0.1, 0.15) is 5.60 Å². The topological polar surface area (TPSA) is 95.6 Å². The molecule has 94 valence electrons. The molecule has 1 amide bonds. The van der Waals surface area contributed by atoms with Gasteiger partial charge >= 0.3 is 0 Å². The van der Waals surface area contributed by atoms with Gasteiger partial charge < -0.3 is 21.3 Å². The minimum atomic E-state index is -1.28. The van der Waals surface area contributed by atoms with Crippen LogP contribution in [0.25, 0.3) is 0 Å². The van der Waals surface area contributed by atoms with Gasteiger partial charge in [0.05, 0.1) is 13.0 Å². The molecule has 0 saturated heterocycles. The number of amides is 1. The van der Waals surface area contributed by atoms with E-state index in [4.69, 9.17) is 10.8 Å². The Bertz CT molecular complexity index is 374. The molecule has 0 spiro atoms. The third kappa shape index (κ3) is 4.84. The van der Waals surface area contributed by atoms with Crippen LogP contribution in [0.4, 0.5) is 5.69 Å². The van der Waals surface area contributed by atoms with Crippen molar-refractivity contribution in [3.63, 3.8) is 0 Å². The Labute approximate surface area is 100 Å². The van der Waals surface area contributed by atoms with E-state index < -0.39 is 12.2 Å². The smallest absolute Gasteiger partial charge is 0.224 e. The first kappa shape index (κ1) is 13.5. The van der Waals surface area contributed by atoms with Crippen molar-refractivity contribution < 1.29 is 15.0 Å². The van der Waals surface area contributed by atoms with Crippen molar-refractivity contribution in [2.24, 2.45) is 0 Å². The molecular weight excluding hydrogens is 220 g/mol. The quantitative estimate of drug-likeness (QED) is 0.528. The number of nitrogen functional groups attached to an aromatic ring is 1. The number of nitrogens with one attached hydrogen (secondary N) is 1. The summed E-state index contributed by atoms with van der Waals surface area (Å²) in [5.41, 5.74) is 5.75. The summed E-state index contributed by atoms with van der Waals surface area (Å²) in [4.78, 5) is 11.5. The molecule has 17 heavy (non-hydrogen) atoms. The van der Waals surface area contributed by atoms with Crippen molar-refractivity contribution in [1.29, 1.82) is 0 Å². The lowest BCUT2D eigenvalue weighted by atomic mass is 10.1. The van der Waals surface area contributed by atoms with Crippen molar-refractivity contribution in [3.05, 3.63) is 29.8 Å². The second-order valence-corrected chi connectivity index (χ2v) is 4.35. The van der Waals surface area contributed by atoms with Crippen molar-refractivity contribution in [1.82, 2.24) is 5.32 Å². The second-order valence-electron chi connectivity index (χ2n) is 4.35. The van der Waals surface area contributed by atoms with Gasteiger partial charge in [-0.1, -0.05) is 12.1 Å². The predicted molar refractivity (Wildman–Crippen MR) is 65.3 cm³/mol.